The van der Waals surface area contributed by atoms with E-state index < -0.39 is 0 Å². The first-order valence-corrected chi connectivity index (χ1v) is 8.99. The van der Waals surface area contributed by atoms with Crippen molar-refractivity contribution in [1.82, 2.24) is 0 Å². The Kier molecular flexibility index (Phi) is 5.28. The predicted molar refractivity (Wildman–Crippen MR) is 96.1 cm³/mol. The van der Waals surface area contributed by atoms with Crippen LogP contribution in [0.3, 0.4) is 0 Å². The lowest BCUT2D eigenvalue weighted by Gasteiger charge is -2.24. The second kappa shape index (κ2) is 6.43. The van der Waals surface area contributed by atoms with Crippen molar-refractivity contribution in [3.8, 4) is 0 Å². The lowest BCUT2D eigenvalue weighted by molar-refractivity contribution is 0.586. The van der Waals surface area contributed by atoms with Crippen LogP contribution in [0.15, 0.2) is 55.1 Å². The average Bonchev–Trinajstić information content (AvgIpc) is 2.35. The maximum atomic E-state index is 6.49. The zero-order chi connectivity index (χ0) is 14.9. The first-order chi connectivity index (χ1) is 9.30. The van der Waals surface area contributed by atoms with Crippen molar-refractivity contribution in [3.05, 3.63) is 55.9 Å². The molecular formula is C16H15Br2ClS. The van der Waals surface area contributed by atoms with Crippen LogP contribution >= 0.6 is 55.2 Å². The molecule has 0 saturated carbocycles. The van der Waals surface area contributed by atoms with Gasteiger partial charge >= 0.3 is 0 Å². The third-order valence-electron chi connectivity index (χ3n) is 2.85. The number of hydrogen-bond acceptors (Lipinski definition) is 1. The van der Waals surface area contributed by atoms with Crippen LogP contribution in [0.25, 0.3) is 0 Å². The summed E-state index contributed by atoms with van der Waals surface area (Å²) in [6.07, 6.45) is 0. The van der Waals surface area contributed by atoms with Crippen molar-refractivity contribution in [1.29, 1.82) is 0 Å². The van der Waals surface area contributed by atoms with E-state index in [2.05, 4.69) is 64.8 Å². The second-order valence-electron chi connectivity index (χ2n) is 5.52. The lowest BCUT2D eigenvalue weighted by atomic mass is 9.87. The molecule has 0 spiro atoms. The fourth-order valence-corrected chi connectivity index (χ4v) is 5.24. The summed E-state index contributed by atoms with van der Waals surface area (Å²) in [6, 6.07) is 12.3. The van der Waals surface area contributed by atoms with E-state index in [1.165, 1.54) is 4.90 Å². The Morgan fingerprint density at radius 1 is 1.00 bits per heavy atom. The summed E-state index contributed by atoms with van der Waals surface area (Å²) in [4.78, 5) is 2.31. The molecule has 0 nitrogen and oxygen atoms in total. The zero-order valence-corrected chi connectivity index (χ0v) is 16.3. The van der Waals surface area contributed by atoms with Gasteiger partial charge in [0.05, 0.1) is 0 Å². The summed E-state index contributed by atoms with van der Waals surface area (Å²) >= 11 is 15.6. The first-order valence-electron chi connectivity index (χ1n) is 6.21. The van der Waals surface area contributed by atoms with Gasteiger partial charge in [-0.2, -0.15) is 0 Å². The molecule has 2 aromatic rings. The van der Waals surface area contributed by atoms with Gasteiger partial charge in [0.2, 0.25) is 0 Å². The van der Waals surface area contributed by atoms with E-state index in [4.69, 9.17) is 11.6 Å². The number of benzene rings is 2. The molecule has 0 aliphatic rings. The molecule has 0 amide bonds. The van der Waals surface area contributed by atoms with Crippen LogP contribution in [-0.4, -0.2) is 0 Å². The molecule has 20 heavy (non-hydrogen) atoms. The van der Waals surface area contributed by atoms with Gasteiger partial charge in [-0.3, -0.25) is 0 Å². The van der Waals surface area contributed by atoms with Gasteiger partial charge in [0.15, 0.2) is 0 Å². The number of halogens is 3. The Balaban J connectivity index is 2.48. The molecule has 4 heteroatoms. The van der Waals surface area contributed by atoms with Crippen molar-refractivity contribution >= 4 is 55.2 Å². The van der Waals surface area contributed by atoms with Crippen LogP contribution in [0.4, 0.5) is 0 Å². The standard InChI is InChI=1S/C16H15Br2ClS/c1-16(2,3)13-11(19)9-12(14(17)15(13)18)20-10-7-5-4-6-8-10/h4-9H,1-3H3. The Morgan fingerprint density at radius 3 is 2.15 bits per heavy atom. The maximum absolute atomic E-state index is 6.49. The molecule has 0 N–H and O–H groups in total. The quantitative estimate of drug-likeness (QED) is 0.446. The highest BCUT2D eigenvalue weighted by Crippen LogP contribution is 2.45. The summed E-state index contributed by atoms with van der Waals surface area (Å²) in [7, 11) is 0. The van der Waals surface area contributed by atoms with Gasteiger partial charge in [-0.1, -0.05) is 62.3 Å². The molecule has 0 radical (unpaired) electrons. The molecule has 0 aliphatic heterocycles. The SMILES string of the molecule is CC(C)(C)c1c(Cl)cc(Sc2ccccc2)c(Br)c1Br. The van der Waals surface area contributed by atoms with E-state index in [0.29, 0.717) is 0 Å². The van der Waals surface area contributed by atoms with Crippen molar-refractivity contribution in [2.75, 3.05) is 0 Å². The predicted octanol–water partition coefficient (Wildman–Crippen LogP) is 7.31. The summed E-state index contributed by atoms with van der Waals surface area (Å²) in [5.41, 5.74) is 1.12. The molecule has 106 valence electrons. The molecule has 2 rings (SSSR count). The van der Waals surface area contributed by atoms with Crippen LogP contribution in [0, 0.1) is 0 Å². The topological polar surface area (TPSA) is 0 Å². The van der Waals surface area contributed by atoms with Gasteiger partial charge in [0.25, 0.3) is 0 Å². The third-order valence-corrected chi connectivity index (χ3v) is 6.61. The van der Waals surface area contributed by atoms with Crippen molar-refractivity contribution in [2.45, 2.75) is 36.0 Å². The largest absolute Gasteiger partial charge is 0.0888 e. The highest BCUT2D eigenvalue weighted by molar-refractivity contribution is 9.13. The second-order valence-corrected chi connectivity index (χ2v) is 8.63. The number of hydrogen-bond donors (Lipinski definition) is 0. The molecule has 0 bridgehead atoms. The third kappa shape index (κ3) is 3.62. The highest BCUT2D eigenvalue weighted by atomic mass is 79.9. The van der Waals surface area contributed by atoms with Gasteiger partial charge in [-0.15, -0.1) is 0 Å². The molecule has 0 aliphatic carbocycles. The van der Waals surface area contributed by atoms with Crippen LogP contribution in [0.5, 0.6) is 0 Å². The van der Waals surface area contributed by atoms with E-state index in [0.717, 1.165) is 24.4 Å². The Hall–Kier alpha value is 0.0400. The fourth-order valence-electron chi connectivity index (χ4n) is 1.95. The Morgan fingerprint density at radius 2 is 1.60 bits per heavy atom. The summed E-state index contributed by atoms with van der Waals surface area (Å²) in [6.45, 7) is 6.49. The van der Waals surface area contributed by atoms with Gasteiger partial charge in [-0.05, 0) is 61.0 Å². The van der Waals surface area contributed by atoms with Crippen LogP contribution in [-0.2, 0) is 5.41 Å². The van der Waals surface area contributed by atoms with Crippen molar-refractivity contribution in [2.24, 2.45) is 0 Å². The smallest absolute Gasteiger partial charge is 0.0466 e. The van der Waals surface area contributed by atoms with E-state index in [9.17, 15) is 0 Å². The monoisotopic (exact) mass is 432 g/mol. The van der Waals surface area contributed by atoms with Crippen LogP contribution in [0.2, 0.25) is 5.02 Å². The van der Waals surface area contributed by atoms with E-state index in [1.807, 2.05) is 24.3 Å². The van der Waals surface area contributed by atoms with E-state index in [-0.39, 0.29) is 5.41 Å². The van der Waals surface area contributed by atoms with Crippen LogP contribution < -0.4 is 0 Å². The molecular weight excluding hydrogens is 420 g/mol. The molecule has 0 atom stereocenters. The van der Waals surface area contributed by atoms with Crippen molar-refractivity contribution in [3.63, 3.8) is 0 Å². The van der Waals surface area contributed by atoms with Gasteiger partial charge < -0.3 is 0 Å². The Labute approximate surface area is 146 Å². The Bertz CT molecular complexity index is 619. The minimum Gasteiger partial charge on any atom is -0.0888 e. The van der Waals surface area contributed by atoms with Gasteiger partial charge in [-0.25, -0.2) is 0 Å². The highest BCUT2D eigenvalue weighted by Gasteiger charge is 2.24. The van der Waals surface area contributed by atoms with Crippen molar-refractivity contribution < 1.29 is 0 Å². The zero-order valence-electron chi connectivity index (χ0n) is 11.5. The summed E-state index contributed by atoms with van der Waals surface area (Å²) < 4.78 is 2.09. The van der Waals surface area contributed by atoms with Gasteiger partial charge in [0, 0.05) is 23.8 Å². The van der Waals surface area contributed by atoms with E-state index >= 15 is 0 Å². The molecule has 0 heterocycles. The molecule has 2 aromatic carbocycles. The summed E-state index contributed by atoms with van der Waals surface area (Å²) in [5.74, 6) is 0. The molecule has 0 aromatic heterocycles. The molecule has 0 fully saturated rings. The fraction of sp³-hybridized carbons (Fsp3) is 0.250. The molecule has 0 saturated heterocycles. The first kappa shape index (κ1) is 16.4. The average molecular weight is 435 g/mol. The minimum absolute atomic E-state index is 0.00558. The van der Waals surface area contributed by atoms with E-state index in [1.54, 1.807) is 11.8 Å². The molecule has 0 unspecified atom stereocenters. The normalized spacial score (nSPS) is 11.7. The summed E-state index contributed by atoms with van der Waals surface area (Å²) in [5, 5.41) is 0.797. The number of rotatable bonds is 2. The maximum Gasteiger partial charge on any atom is 0.0466 e. The van der Waals surface area contributed by atoms with Crippen LogP contribution in [0.1, 0.15) is 26.3 Å². The van der Waals surface area contributed by atoms with Gasteiger partial charge in [0.1, 0.15) is 0 Å². The lowest BCUT2D eigenvalue weighted by Crippen LogP contribution is -2.13. The minimum atomic E-state index is -0.00558.